The summed E-state index contributed by atoms with van der Waals surface area (Å²) in [6, 6.07) is 16.3. The van der Waals surface area contributed by atoms with E-state index < -0.39 is 0 Å². The molecule has 0 N–H and O–H groups in total. The van der Waals surface area contributed by atoms with Crippen molar-refractivity contribution in [3.8, 4) is 5.69 Å². The van der Waals surface area contributed by atoms with E-state index >= 15 is 0 Å². The monoisotopic (exact) mass is 361 g/mol. The molecule has 3 aromatic rings. The molecule has 0 saturated heterocycles. The number of para-hydroxylation sites is 1. The number of amides is 1. The average Bonchev–Trinajstić information content (AvgIpc) is 2.93. The highest BCUT2D eigenvalue weighted by atomic mass is 16.2. The van der Waals surface area contributed by atoms with Crippen LogP contribution in [0.15, 0.2) is 48.5 Å². The average molecular weight is 361 g/mol. The Labute approximate surface area is 161 Å². The first-order chi connectivity index (χ1) is 12.9. The van der Waals surface area contributed by atoms with Crippen molar-refractivity contribution in [2.75, 3.05) is 7.05 Å². The van der Waals surface area contributed by atoms with Crippen LogP contribution in [-0.2, 0) is 17.8 Å². The molecule has 27 heavy (non-hydrogen) atoms. The molecule has 2 aromatic carbocycles. The molecule has 0 aliphatic heterocycles. The first-order valence-electron chi connectivity index (χ1n) is 9.27. The zero-order valence-electron chi connectivity index (χ0n) is 16.8. The van der Waals surface area contributed by atoms with Crippen molar-refractivity contribution in [1.82, 2.24) is 14.7 Å². The van der Waals surface area contributed by atoms with E-state index in [1.165, 1.54) is 11.1 Å². The van der Waals surface area contributed by atoms with Crippen LogP contribution < -0.4 is 0 Å². The van der Waals surface area contributed by atoms with Crippen LogP contribution in [0.4, 0.5) is 0 Å². The number of likely N-dealkylation sites (N-methyl/N-ethyl adjacent to an activating group) is 1. The topological polar surface area (TPSA) is 38.1 Å². The Kier molecular flexibility index (Phi) is 5.45. The zero-order valence-corrected chi connectivity index (χ0v) is 16.8. The maximum absolute atomic E-state index is 12.7. The minimum absolute atomic E-state index is 0.115. The minimum Gasteiger partial charge on any atom is -0.341 e. The second-order valence-electron chi connectivity index (χ2n) is 7.24. The number of rotatable bonds is 5. The van der Waals surface area contributed by atoms with Gasteiger partial charge in [-0.1, -0.05) is 36.4 Å². The van der Waals surface area contributed by atoms with Crippen molar-refractivity contribution in [3.05, 3.63) is 82.2 Å². The number of carbonyl (C=O) groups excluding carboxylic acids is 1. The van der Waals surface area contributed by atoms with Crippen LogP contribution in [-0.4, -0.2) is 27.6 Å². The van der Waals surface area contributed by atoms with Crippen LogP contribution in [0.25, 0.3) is 5.69 Å². The highest BCUT2D eigenvalue weighted by molar-refractivity contribution is 5.78. The second-order valence-corrected chi connectivity index (χ2v) is 7.24. The molecule has 0 atom stereocenters. The third-order valence-corrected chi connectivity index (χ3v) is 5.19. The number of nitrogens with zero attached hydrogens (tertiary/aromatic N) is 3. The Morgan fingerprint density at radius 1 is 1.00 bits per heavy atom. The van der Waals surface area contributed by atoms with Crippen LogP contribution in [0.3, 0.4) is 0 Å². The number of carbonyl (C=O) groups is 1. The van der Waals surface area contributed by atoms with E-state index in [0.717, 1.165) is 28.2 Å². The molecule has 0 saturated carbocycles. The van der Waals surface area contributed by atoms with Crippen molar-refractivity contribution >= 4 is 5.91 Å². The Bertz CT molecular complexity index is 957. The molecule has 1 aromatic heterocycles. The summed E-state index contributed by atoms with van der Waals surface area (Å²) in [7, 11) is 1.86. The molecule has 0 aliphatic carbocycles. The quantitative estimate of drug-likeness (QED) is 0.679. The molecule has 140 valence electrons. The molecular weight excluding hydrogens is 334 g/mol. The second kappa shape index (κ2) is 7.78. The van der Waals surface area contributed by atoms with Gasteiger partial charge in [-0.2, -0.15) is 5.10 Å². The zero-order chi connectivity index (χ0) is 19.6. The first-order valence-corrected chi connectivity index (χ1v) is 9.27. The van der Waals surface area contributed by atoms with Crippen molar-refractivity contribution in [2.24, 2.45) is 0 Å². The van der Waals surface area contributed by atoms with Crippen LogP contribution in [0.5, 0.6) is 0 Å². The molecule has 4 heteroatoms. The van der Waals surface area contributed by atoms with Gasteiger partial charge in [0.25, 0.3) is 0 Å². The first kappa shape index (κ1) is 18.9. The lowest BCUT2D eigenvalue weighted by atomic mass is 10.0. The third kappa shape index (κ3) is 4.11. The maximum Gasteiger partial charge on any atom is 0.227 e. The maximum atomic E-state index is 12.7. The van der Waals surface area contributed by atoms with Gasteiger partial charge < -0.3 is 4.90 Å². The number of aryl methyl sites for hydroxylation is 3. The number of aromatic nitrogens is 2. The van der Waals surface area contributed by atoms with Crippen molar-refractivity contribution in [2.45, 2.75) is 40.7 Å². The number of hydrogen-bond acceptors (Lipinski definition) is 2. The van der Waals surface area contributed by atoms with Gasteiger partial charge in [-0.25, -0.2) is 4.68 Å². The van der Waals surface area contributed by atoms with E-state index in [1.807, 2.05) is 55.1 Å². The van der Waals surface area contributed by atoms with Gasteiger partial charge in [0.05, 0.1) is 17.8 Å². The molecule has 0 bridgehead atoms. The largest absolute Gasteiger partial charge is 0.341 e. The van der Waals surface area contributed by atoms with E-state index in [-0.39, 0.29) is 5.91 Å². The Morgan fingerprint density at radius 2 is 1.70 bits per heavy atom. The predicted octanol–water partition coefficient (Wildman–Crippen LogP) is 4.31. The standard InChI is InChI=1S/C23H27N3O/c1-16-11-12-20(13-17(16)2)14-23(27)25(5)15-22-18(3)24-26(19(22)4)21-9-7-6-8-10-21/h6-13H,14-15H2,1-5H3. The molecule has 0 unspecified atom stereocenters. The fourth-order valence-corrected chi connectivity index (χ4v) is 3.27. The Hall–Kier alpha value is -2.88. The molecular formula is C23H27N3O. The number of benzene rings is 2. The summed E-state index contributed by atoms with van der Waals surface area (Å²) in [5.74, 6) is 0.115. The molecule has 1 amide bonds. The van der Waals surface area contributed by atoms with E-state index in [0.29, 0.717) is 13.0 Å². The molecule has 0 aliphatic rings. The Morgan fingerprint density at radius 3 is 2.37 bits per heavy atom. The number of hydrogen-bond donors (Lipinski definition) is 0. The normalized spacial score (nSPS) is 10.9. The molecule has 0 spiro atoms. The SMILES string of the molecule is Cc1ccc(CC(=O)N(C)Cc2c(C)nn(-c3ccccc3)c2C)cc1C. The van der Waals surface area contributed by atoms with E-state index in [2.05, 4.69) is 38.0 Å². The van der Waals surface area contributed by atoms with Crippen LogP contribution >= 0.6 is 0 Å². The highest BCUT2D eigenvalue weighted by Crippen LogP contribution is 2.20. The van der Waals surface area contributed by atoms with Gasteiger partial charge in [0.15, 0.2) is 0 Å². The van der Waals surface area contributed by atoms with Gasteiger partial charge in [-0.15, -0.1) is 0 Å². The lowest BCUT2D eigenvalue weighted by Crippen LogP contribution is -2.28. The lowest BCUT2D eigenvalue weighted by molar-refractivity contribution is -0.129. The lowest BCUT2D eigenvalue weighted by Gasteiger charge is -2.18. The van der Waals surface area contributed by atoms with Gasteiger partial charge >= 0.3 is 0 Å². The molecule has 1 heterocycles. The predicted molar refractivity (Wildman–Crippen MR) is 109 cm³/mol. The summed E-state index contributed by atoms with van der Waals surface area (Å²) in [5.41, 5.74) is 7.70. The van der Waals surface area contributed by atoms with Gasteiger partial charge in [-0.05, 0) is 56.5 Å². The van der Waals surface area contributed by atoms with E-state index in [9.17, 15) is 4.79 Å². The molecule has 0 radical (unpaired) electrons. The smallest absolute Gasteiger partial charge is 0.227 e. The van der Waals surface area contributed by atoms with Gasteiger partial charge in [0.1, 0.15) is 0 Å². The summed E-state index contributed by atoms with van der Waals surface area (Å²) < 4.78 is 1.95. The third-order valence-electron chi connectivity index (χ3n) is 5.19. The van der Waals surface area contributed by atoms with Crippen molar-refractivity contribution in [3.63, 3.8) is 0 Å². The van der Waals surface area contributed by atoms with Crippen LogP contribution in [0.2, 0.25) is 0 Å². The fourth-order valence-electron chi connectivity index (χ4n) is 3.27. The van der Waals surface area contributed by atoms with Gasteiger partial charge in [0.2, 0.25) is 5.91 Å². The summed E-state index contributed by atoms with van der Waals surface area (Å²) in [4.78, 5) is 14.5. The van der Waals surface area contributed by atoms with Crippen molar-refractivity contribution in [1.29, 1.82) is 0 Å². The molecule has 0 fully saturated rings. The van der Waals surface area contributed by atoms with Crippen LogP contribution in [0.1, 0.15) is 33.6 Å². The molecule has 4 nitrogen and oxygen atoms in total. The van der Waals surface area contributed by atoms with E-state index in [4.69, 9.17) is 0 Å². The van der Waals surface area contributed by atoms with Crippen LogP contribution in [0, 0.1) is 27.7 Å². The minimum atomic E-state index is 0.115. The summed E-state index contributed by atoms with van der Waals surface area (Å²) in [6.45, 7) is 8.79. The fraction of sp³-hybridized carbons (Fsp3) is 0.304. The van der Waals surface area contributed by atoms with E-state index in [1.54, 1.807) is 4.90 Å². The van der Waals surface area contributed by atoms with Crippen molar-refractivity contribution < 1.29 is 4.79 Å². The van der Waals surface area contributed by atoms with Gasteiger partial charge in [0, 0.05) is 24.8 Å². The molecule has 3 rings (SSSR count). The summed E-state index contributed by atoms with van der Waals surface area (Å²) >= 11 is 0. The highest BCUT2D eigenvalue weighted by Gasteiger charge is 2.17. The Balaban J connectivity index is 1.75. The summed E-state index contributed by atoms with van der Waals surface area (Å²) in [6.07, 6.45) is 0.419. The van der Waals surface area contributed by atoms with Gasteiger partial charge in [-0.3, -0.25) is 4.79 Å². The summed E-state index contributed by atoms with van der Waals surface area (Å²) in [5, 5.41) is 4.68.